The quantitative estimate of drug-likeness (QED) is 0.382. The highest BCUT2D eigenvalue weighted by molar-refractivity contribution is 5.69. The van der Waals surface area contributed by atoms with E-state index in [9.17, 15) is 26.3 Å². The van der Waals surface area contributed by atoms with Gasteiger partial charge in [-0.05, 0) is 43.2 Å². The molecular formula is C23H21F6N5. The maximum absolute atomic E-state index is 13.6. The van der Waals surface area contributed by atoms with Crippen LogP contribution in [0.4, 0.5) is 43.8 Å². The van der Waals surface area contributed by atoms with Crippen molar-refractivity contribution in [2.45, 2.75) is 50.5 Å². The first-order valence-electron chi connectivity index (χ1n) is 10.7. The average molecular weight is 481 g/mol. The minimum atomic E-state index is -5.01. The van der Waals surface area contributed by atoms with Gasteiger partial charge in [0, 0.05) is 30.1 Å². The van der Waals surface area contributed by atoms with Gasteiger partial charge in [0.1, 0.15) is 5.82 Å². The summed E-state index contributed by atoms with van der Waals surface area (Å²) in [5, 5.41) is 5.79. The molecule has 1 aliphatic carbocycles. The first kappa shape index (κ1) is 23.8. The molecule has 0 aliphatic heterocycles. The number of benzene rings is 1. The van der Waals surface area contributed by atoms with Crippen LogP contribution >= 0.6 is 0 Å². The molecule has 1 saturated carbocycles. The normalized spacial score (nSPS) is 15.2. The number of hydrogen-bond donors (Lipinski definition) is 2. The Bertz CT molecular complexity index is 1120. The Labute approximate surface area is 191 Å². The van der Waals surface area contributed by atoms with Gasteiger partial charge in [0.15, 0.2) is 0 Å². The first-order valence-corrected chi connectivity index (χ1v) is 10.7. The number of anilines is 3. The third kappa shape index (κ3) is 5.75. The van der Waals surface area contributed by atoms with E-state index in [1.54, 1.807) is 24.5 Å². The third-order valence-electron chi connectivity index (χ3n) is 5.56. The molecule has 4 rings (SSSR count). The monoisotopic (exact) mass is 481 g/mol. The molecule has 0 saturated heterocycles. The van der Waals surface area contributed by atoms with E-state index in [-0.39, 0.29) is 23.9 Å². The van der Waals surface area contributed by atoms with Gasteiger partial charge in [0.05, 0.1) is 22.5 Å². The Morgan fingerprint density at radius 3 is 2.15 bits per heavy atom. The Kier molecular flexibility index (Phi) is 6.63. The van der Waals surface area contributed by atoms with Crippen molar-refractivity contribution >= 4 is 17.5 Å². The van der Waals surface area contributed by atoms with Gasteiger partial charge in [-0.2, -0.15) is 31.3 Å². The number of hydrogen-bond acceptors (Lipinski definition) is 5. The predicted molar refractivity (Wildman–Crippen MR) is 115 cm³/mol. The van der Waals surface area contributed by atoms with Gasteiger partial charge in [-0.3, -0.25) is 4.98 Å². The second-order valence-corrected chi connectivity index (χ2v) is 8.06. The van der Waals surface area contributed by atoms with Gasteiger partial charge in [-0.25, -0.2) is 4.98 Å². The van der Waals surface area contributed by atoms with Crippen molar-refractivity contribution in [1.29, 1.82) is 0 Å². The summed E-state index contributed by atoms with van der Waals surface area (Å²) in [6, 6.07) is 6.41. The molecule has 180 valence electrons. The molecule has 2 N–H and O–H groups in total. The molecule has 0 atom stereocenters. The highest BCUT2D eigenvalue weighted by Crippen LogP contribution is 2.40. The van der Waals surface area contributed by atoms with Gasteiger partial charge < -0.3 is 10.6 Å². The maximum atomic E-state index is 13.6. The summed E-state index contributed by atoms with van der Waals surface area (Å²) in [6.07, 6.45) is -1.73. The SMILES string of the molecule is FC(F)(F)c1ccc(Nc2cc(-c3ccncc3)nc(NC3CCCCC3)n2)c(C(F)(F)F)c1. The highest BCUT2D eigenvalue weighted by Gasteiger charge is 2.38. The van der Waals surface area contributed by atoms with E-state index in [0.717, 1.165) is 38.2 Å². The van der Waals surface area contributed by atoms with E-state index >= 15 is 0 Å². The summed E-state index contributed by atoms with van der Waals surface area (Å²) in [4.78, 5) is 12.8. The molecule has 1 fully saturated rings. The van der Waals surface area contributed by atoms with E-state index in [2.05, 4.69) is 25.6 Å². The largest absolute Gasteiger partial charge is 0.418 e. The summed E-state index contributed by atoms with van der Waals surface area (Å²) < 4.78 is 79.8. The molecular weight excluding hydrogens is 460 g/mol. The summed E-state index contributed by atoms with van der Waals surface area (Å²) in [5.41, 5.74) is -2.27. The molecule has 3 aromatic rings. The number of aromatic nitrogens is 3. The molecule has 11 heteroatoms. The minimum absolute atomic E-state index is 0.0189. The van der Waals surface area contributed by atoms with Crippen LogP contribution in [0.25, 0.3) is 11.3 Å². The Morgan fingerprint density at radius 2 is 1.50 bits per heavy atom. The summed E-state index contributed by atoms with van der Waals surface area (Å²) in [6.45, 7) is 0. The molecule has 0 spiro atoms. The molecule has 2 aromatic heterocycles. The lowest BCUT2D eigenvalue weighted by Crippen LogP contribution is -2.23. The lowest BCUT2D eigenvalue weighted by molar-refractivity contribution is -0.142. The zero-order valence-corrected chi connectivity index (χ0v) is 17.8. The zero-order chi connectivity index (χ0) is 24.3. The summed E-state index contributed by atoms with van der Waals surface area (Å²) in [5.74, 6) is 0.245. The number of rotatable bonds is 5. The van der Waals surface area contributed by atoms with Gasteiger partial charge in [0.25, 0.3) is 0 Å². The molecule has 0 bridgehead atoms. The molecule has 0 radical (unpaired) electrons. The van der Waals surface area contributed by atoms with Crippen LogP contribution in [0.5, 0.6) is 0 Å². The fourth-order valence-corrected chi connectivity index (χ4v) is 3.88. The van der Waals surface area contributed by atoms with Crippen LogP contribution in [0.3, 0.4) is 0 Å². The molecule has 2 heterocycles. The fourth-order valence-electron chi connectivity index (χ4n) is 3.88. The van der Waals surface area contributed by atoms with Crippen LogP contribution in [0, 0.1) is 0 Å². The second-order valence-electron chi connectivity index (χ2n) is 8.06. The van der Waals surface area contributed by atoms with E-state index in [4.69, 9.17) is 0 Å². The average Bonchev–Trinajstić information content (AvgIpc) is 2.79. The highest BCUT2D eigenvalue weighted by atomic mass is 19.4. The predicted octanol–water partition coefficient (Wildman–Crippen LogP) is 7.06. The molecule has 1 aromatic carbocycles. The molecule has 1 aliphatic rings. The van der Waals surface area contributed by atoms with E-state index < -0.39 is 29.2 Å². The van der Waals surface area contributed by atoms with Crippen LogP contribution in [0.2, 0.25) is 0 Å². The molecule has 5 nitrogen and oxygen atoms in total. The van der Waals surface area contributed by atoms with Crippen molar-refractivity contribution in [2.75, 3.05) is 10.6 Å². The van der Waals surface area contributed by atoms with E-state index in [1.807, 2.05) is 0 Å². The Morgan fingerprint density at radius 1 is 0.794 bits per heavy atom. The van der Waals surface area contributed by atoms with Crippen molar-refractivity contribution in [3.63, 3.8) is 0 Å². The van der Waals surface area contributed by atoms with Crippen LogP contribution in [0.15, 0.2) is 48.8 Å². The van der Waals surface area contributed by atoms with Crippen molar-refractivity contribution in [3.8, 4) is 11.3 Å². The minimum Gasteiger partial charge on any atom is -0.351 e. The number of halogens is 6. The Hall–Kier alpha value is -3.37. The summed E-state index contributed by atoms with van der Waals surface area (Å²) >= 11 is 0. The van der Waals surface area contributed by atoms with Crippen molar-refractivity contribution in [1.82, 2.24) is 15.0 Å². The molecule has 34 heavy (non-hydrogen) atoms. The van der Waals surface area contributed by atoms with Crippen molar-refractivity contribution in [2.24, 2.45) is 0 Å². The second kappa shape index (κ2) is 9.47. The first-order chi connectivity index (χ1) is 16.1. The fraction of sp³-hybridized carbons (Fsp3) is 0.348. The zero-order valence-electron chi connectivity index (χ0n) is 17.8. The van der Waals surface area contributed by atoms with Crippen molar-refractivity contribution < 1.29 is 26.3 Å². The van der Waals surface area contributed by atoms with E-state index in [0.29, 0.717) is 17.3 Å². The van der Waals surface area contributed by atoms with E-state index in [1.165, 1.54) is 6.07 Å². The van der Waals surface area contributed by atoms with Crippen LogP contribution in [-0.2, 0) is 12.4 Å². The number of nitrogens with zero attached hydrogens (tertiary/aromatic N) is 3. The standard InChI is InChI=1S/C23H21F6N5/c24-22(25,26)15-6-7-18(17(12-15)23(27,28)29)32-20-13-19(14-8-10-30-11-9-14)33-21(34-20)31-16-4-2-1-3-5-16/h6-13,16H,1-5H2,(H2,31,32,33,34). The smallest absolute Gasteiger partial charge is 0.351 e. The lowest BCUT2D eigenvalue weighted by atomic mass is 9.96. The van der Waals surface area contributed by atoms with Gasteiger partial charge >= 0.3 is 12.4 Å². The number of pyridine rings is 1. The number of nitrogens with one attached hydrogen (secondary N) is 2. The van der Waals surface area contributed by atoms with Gasteiger partial charge in [0.2, 0.25) is 5.95 Å². The molecule has 0 unspecified atom stereocenters. The Balaban J connectivity index is 1.72. The van der Waals surface area contributed by atoms with Gasteiger partial charge in [-0.1, -0.05) is 19.3 Å². The molecule has 0 amide bonds. The topological polar surface area (TPSA) is 62.7 Å². The maximum Gasteiger partial charge on any atom is 0.418 e. The lowest BCUT2D eigenvalue weighted by Gasteiger charge is -2.23. The van der Waals surface area contributed by atoms with Crippen molar-refractivity contribution in [3.05, 3.63) is 59.9 Å². The summed E-state index contributed by atoms with van der Waals surface area (Å²) in [7, 11) is 0. The van der Waals surface area contributed by atoms with Crippen LogP contribution in [0.1, 0.15) is 43.2 Å². The van der Waals surface area contributed by atoms with Crippen LogP contribution < -0.4 is 10.6 Å². The van der Waals surface area contributed by atoms with Gasteiger partial charge in [-0.15, -0.1) is 0 Å². The third-order valence-corrected chi connectivity index (χ3v) is 5.56. The van der Waals surface area contributed by atoms with Crippen LogP contribution in [-0.4, -0.2) is 21.0 Å². The number of alkyl halides is 6.